The molecule has 0 unspecified atom stereocenters. The van der Waals surface area contributed by atoms with Gasteiger partial charge in [0, 0.05) is 13.1 Å². The molecule has 0 fully saturated rings. The highest BCUT2D eigenvalue weighted by Gasteiger charge is 2.30. The fourth-order valence-electron chi connectivity index (χ4n) is 1.67. The summed E-state index contributed by atoms with van der Waals surface area (Å²) in [6.45, 7) is 5.46. The van der Waals surface area contributed by atoms with E-state index in [1.54, 1.807) is 6.07 Å². The second-order valence-electron chi connectivity index (χ2n) is 4.04. The van der Waals surface area contributed by atoms with Crippen molar-refractivity contribution in [2.75, 3.05) is 13.1 Å². The van der Waals surface area contributed by atoms with Gasteiger partial charge in [-0.15, -0.1) is 0 Å². The number of alkyl halides is 3. The molecule has 3 nitrogen and oxygen atoms in total. The maximum atomic E-state index is 12.5. The first kappa shape index (κ1) is 15.3. The lowest BCUT2D eigenvalue weighted by molar-refractivity contribution is -0.137. The summed E-state index contributed by atoms with van der Waals surface area (Å²) >= 11 is 0. The van der Waals surface area contributed by atoms with Gasteiger partial charge in [-0.3, -0.25) is 0 Å². The Bertz CT molecular complexity index is 437. The van der Waals surface area contributed by atoms with Gasteiger partial charge in [-0.05, 0) is 31.5 Å². The molecule has 0 heterocycles. The summed E-state index contributed by atoms with van der Waals surface area (Å²) < 4.78 is 37.6. The van der Waals surface area contributed by atoms with Crippen LogP contribution in [0, 0.1) is 0 Å². The van der Waals surface area contributed by atoms with Crippen molar-refractivity contribution >= 4 is 5.96 Å². The van der Waals surface area contributed by atoms with Gasteiger partial charge < -0.3 is 10.6 Å². The normalized spacial score (nSPS) is 12.6. The van der Waals surface area contributed by atoms with Gasteiger partial charge in [0.05, 0.1) is 12.1 Å². The molecule has 1 aromatic rings. The van der Waals surface area contributed by atoms with Crippen LogP contribution in [0.1, 0.15) is 25.0 Å². The van der Waals surface area contributed by atoms with Gasteiger partial charge in [0.25, 0.3) is 0 Å². The lowest BCUT2D eigenvalue weighted by Crippen LogP contribution is -2.37. The van der Waals surface area contributed by atoms with Gasteiger partial charge in [0.2, 0.25) is 0 Å². The van der Waals surface area contributed by atoms with Crippen LogP contribution < -0.4 is 5.73 Å². The van der Waals surface area contributed by atoms with Gasteiger partial charge in [0.1, 0.15) is 0 Å². The second-order valence-corrected chi connectivity index (χ2v) is 4.04. The van der Waals surface area contributed by atoms with E-state index >= 15 is 0 Å². The van der Waals surface area contributed by atoms with E-state index in [0.29, 0.717) is 24.6 Å². The number of rotatable bonds is 4. The van der Waals surface area contributed by atoms with Crippen molar-refractivity contribution in [3.05, 3.63) is 35.4 Å². The molecule has 0 bridgehead atoms. The third-order valence-corrected chi connectivity index (χ3v) is 2.77. The molecule has 0 saturated carbocycles. The van der Waals surface area contributed by atoms with E-state index in [9.17, 15) is 13.2 Å². The van der Waals surface area contributed by atoms with Crippen molar-refractivity contribution in [3.8, 4) is 0 Å². The average molecular weight is 273 g/mol. The zero-order valence-electron chi connectivity index (χ0n) is 11.0. The third kappa shape index (κ3) is 4.46. The van der Waals surface area contributed by atoms with E-state index < -0.39 is 11.7 Å². The van der Waals surface area contributed by atoms with Crippen LogP contribution in [0.5, 0.6) is 0 Å². The van der Waals surface area contributed by atoms with Gasteiger partial charge in [0.15, 0.2) is 5.96 Å². The van der Waals surface area contributed by atoms with Crippen molar-refractivity contribution < 1.29 is 13.2 Å². The Kier molecular flexibility index (Phi) is 5.20. The SMILES string of the molecule is CCN(CC)C(N)=NCc1cccc(C(F)(F)F)c1. The first-order chi connectivity index (χ1) is 8.88. The Morgan fingerprint density at radius 1 is 1.26 bits per heavy atom. The van der Waals surface area contributed by atoms with E-state index in [1.165, 1.54) is 6.07 Å². The molecule has 0 spiro atoms. The van der Waals surface area contributed by atoms with Gasteiger partial charge in [-0.1, -0.05) is 12.1 Å². The highest BCUT2D eigenvalue weighted by molar-refractivity contribution is 5.78. The summed E-state index contributed by atoms with van der Waals surface area (Å²) in [6.07, 6.45) is -4.33. The second kappa shape index (κ2) is 6.45. The van der Waals surface area contributed by atoms with Gasteiger partial charge in [-0.25, -0.2) is 4.99 Å². The zero-order chi connectivity index (χ0) is 14.5. The lowest BCUT2D eigenvalue weighted by Gasteiger charge is -2.19. The summed E-state index contributed by atoms with van der Waals surface area (Å²) in [5, 5.41) is 0. The maximum absolute atomic E-state index is 12.5. The number of nitrogens with zero attached hydrogens (tertiary/aromatic N) is 2. The molecule has 6 heteroatoms. The quantitative estimate of drug-likeness (QED) is 0.677. The molecule has 0 aromatic heterocycles. The number of hydrogen-bond acceptors (Lipinski definition) is 1. The monoisotopic (exact) mass is 273 g/mol. The van der Waals surface area contributed by atoms with Crippen LogP contribution in [0.3, 0.4) is 0 Å². The molecule has 19 heavy (non-hydrogen) atoms. The van der Waals surface area contributed by atoms with Crippen molar-refractivity contribution in [2.45, 2.75) is 26.6 Å². The lowest BCUT2D eigenvalue weighted by atomic mass is 10.1. The molecule has 0 atom stereocenters. The highest BCUT2D eigenvalue weighted by Crippen LogP contribution is 2.29. The minimum atomic E-state index is -4.33. The van der Waals surface area contributed by atoms with Crippen LogP contribution in [-0.2, 0) is 12.7 Å². The zero-order valence-corrected chi connectivity index (χ0v) is 11.0. The Morgan fingerprint density at radius 3 is 2.42 bits per heavy atom. The topological polar surface area (TPSA) is 41.6 Å². The van der Waals surface area contributed by atoms with Crippen molar-refractivity contribution in [3.63, 3.8) is 0 Å². The molecular weight excluding hydrogens is 255 g/mol. The summed E-state index contributed by atoms with van der Waals surface area (Å²) in [6, 6.07) is 5.12. The molecule has 0 aliphatic heterocycles. The molecule has 0 amide bonds. The summed E-state index contributed by atoms with van der Waals surface area (Å²) in [7, 11) is 0. The molecule has 106 valence electrons. The smallest absolute Gasteiger partial charge is 0.370 e. The predicted octanol–water partition coefficient (Wildman–Crippen LogP) is 2.86. The Labute approximate surface area is 110 Å². The number of benzene rings is 1. The average Bonchev–Trinajstić information content (AvgIpc) is 2.37. The Balaban J connectivity index is 2.81. The fourth-order valence-corrected chi connectivity index (χ4v) is 1.67. The Morgan fingerprint density at radius 2 is 1.89 bits per heavy atom. The molecule has 0 aliphatic carbocycles. The molecule has 0 radical (unpaired) electrons. The van der Waals surface area contributed by atoms with Crippen LogP contribution in [-0.4, -0.2) is 23.9 Å². The van der Waals surface area contributed by atoms with Crippen molar-refractivity contribution in [2.24, 2.45) is 10.7 Å². The molecule has 2 N–H and O–H groups in total. The van der Waals surface area contributed by atoms with Crippen LogP contribution in [0.2, 0.25) is 0 Å². The maximum Gasteiger partial charge on any atom is 0.416 e. The van der Waals surface area contributed by atoms with Gasteiger partial charge >= 0.3 is 6.18 Å². The van der Waals surface area contributed by atoms with E-state index in [-0.39, 0.29) is 6.54 Å². The molecule has 1 aromatic carbocycles. The van der Waals surface area contributed by atoms with Gasteiger partial charge in [-0.2, -0.15) is 13.2 Å². The predicted molar refractivity (Wildman–Crippen MR) is 69.7 cm³/mol. The first-order valence-electron chi connectivity index (χ1n) is 6.09. The van der Waals surface area contributed by atoms with Crippen LogP contribution in [0.4, 0.5) is 13.2 Å². The first-order valence-corrected chi connectivity index (χ1v) is 6.09. The third-order valence-electron chi connectivity index (χ3n) is 2.77. The van der Waals surface area contributed by atoms with Crippen molar-refractivity contribution in [1.29, 1.82) is 0 Å². The summed E-state index contributed by atoms with van der Waals surface area (Å²) in [5.74, 6) is 0.349. The minimum Gasteiger partial charge on any atom is -0.370 e. The fraction of sp³-hybridized carbons (Fsp3) is 0.462. The number of nitrogens with two attached hydrogens (primary N) is 1. The largest absolute Gasteiger partial charge is 0.416 e. The Hall–Kier alpha value is -1.72. The van der Waals surface area contributed by atoms with Crippen LogP contribution in [0.15, 0.2) is 29.3 Å². The minimum absolute atomic E-state index is 0.145. The number of halogens is 3. The van der Waals surface area contributed by atoms with Crippen LogP contribution in [0.25, 0.3) is 0 Å². The molecule has 0 aliphatic rings. The van der Waals surface area contributed by atoms with E-state index in [0.717, 1.165) is 12.1 Å². The number of aliphatic imine (C=N–C) groups is 1. The number of hydrogen-bond donors (Lipinski definition) is 1. The van der Waals surface area contributed by atoms with Crippen LogP contribution >= 0.6 is 0 Å². The molecule has 1 rings (SSSR count). The summed E-state index contributed by atoms with van der Waals surface area (Å²) in [5.41, 5.74) is 5.59. The highest BCUT2D eigenvalue weighted by atomic mass is 19.4. The molecule has 0 saturated heterocycles. The standard InChI is InChI=1S/C13H18F3N3/c1-3-19(4-2)12(17)18-9-10-6-5-7-11(8-10)13(14,15)16/h5-8H,3-4,9H2,1-2H3,(H2,17,18). The number of guanidine groups is 1. The van der Waals surface area contributed by atoms with E-state index in [2.05, 4.69) is 4.99 Å². The van der Waals surface area contributed by atoms with Crippen molar-refractivity contribution in [1.82, 2.24) is 4.90 Å². The van der Waals surface area contributed by atoms with E-state index in [1.807, 2.05) is 18.7 Å². The molecular formula is C13H18F3N3. The summed E-state index contributed by atoms with van der Waals surface area (Å²) in [4.78, 5) is 5.95. The van der Waals surface area contributed by atoms with E-state index in [4.69, 9.17) is 5.73 Å².